The molecule has 0 saturated carbocycles. The lowest BCUT2D eigenvalue weighted by molar-refractivity contribution is -0.385. The van der Waals surface area contributed by atoms with Crippen molar-refractivity contribution in [2.45, 2.75) is 11.9 Å². The highest BCUT2D eigenvalue weighted by Gasteiger charge is 2.28. The molecule has 6 nitrogen and oxygen atoms in total. The van der Waals surface area contributed by atoms with Crippen molar-refractivity contribution in [3.63, 3.8) is 0 Å². The number of rotatable bonds is 5. The van der Waals surface area contributed by atoms with Gasteiger partial charge < -0.3 is 9.84 Å². The van der Waals surface area contributed by atoms with Crippen molar-refractivity contribution < 1.29 is 28.3 Å². The van der Waals surface area contributed by atoms with Gasteiger partial charge in [0.1, 0.15) is 0 Å². The molecule has 0 fully saturated rings. The van der Waals surface area contributed by atoms with Crippen molar-refractivity contribution in [2.75, 3.05) is 0 Å². The molecule has 0 aromatic heterocycles. The van der Waals surface area contributed by atoms with Crippen molar-refractivity contribution in [1.29, 1.82) is 0 Å². The highest BCUT2D eigenvalue weighted by atomic mass is 79.9. The van der Waals surface area contributed by atoms with Gasteiger partial charge in [-0.1, -0.05) is 15.9 Å². The fourth-order valence-corrected chi connectivity index (χ4v) is 1.74. The molecule has 1 aromatic carbocycles. The zero-order chi connectivity index (χ0) is 13.9. The van der Waals surface area contributed by atoms with Crippen molar-refractivity contribution >= 4 is 27.6 Å². The first kappa shape index (κ1) is 14.3. The summed E-state index contributed by atoms with van der Waals surface area (Å²) in [7, 11) is 0. The van der Waals surface area contributed by atoms with Gasteiger partial charge in [-0.2, -0.15) is 8.78 Å². The van der Waals surface area contributed by atoms with Crippen LogP contribution in [0, 0.1) is 10.1 Å². The highest BCUT2D eigenvalue weighted by molar-refractivity contribution is 9.08. The van der Waals surface area contributed by atoms with E-state index in [9.17, 15) is 23.7 Å². The van der Waals surface area contributed by atoms with Crippen LogP contribution in [0.2, 0.25) is 0 Å². The minimum atomic E-state index is -3.28. The summed E-state index contributed by atoms with van der Waals surface area (Å²) in [6, 6.07) is 2.08. The van der Waals surface area contributed by atoms with Gasteiger partial charge in [-0.05, 0) is 6.07 Å². The number of nitrogens with zero attached hydrogens (tertiary/aromatic N) is 1. The number of ether oxygens (including phenoxy) is 1. The number of benzene rings is 1. The molecule has 0 unspecified atom stereocenters. The summed E-state index contributed by atoms with van der Waals surface area (Å²) in [5.74, 6) is -2.41. The maximum atomic E-state index is 12.2. The molecule has 0 heterocycles. The number of aromatic carboxylic acids is 1. The molecule has 98 valence electrons. The first-order chi connectivity index (χ1) is 8.38. The Balaban J connectivity index is 3.53. The number of carbonyl (C=O) groups is 1. The molecule has 0 saturated heterocycles. The molecule has 0 radical (unpaired) electrons. The maximum absolute atomic E-state index is 12.2. The minimum Gasteiger partial charge on any atom is -0.477 e. The van der Waals surface area contributed by atoms with E-state index in [4.69, 9.17) is 5.11 Å². The number of hydrogen-bond acceptors (Lipinski definition) is 4. The van der Waals surface area contributed by atoms with Gasteiger partial charge in [-0.3, -0.25) is 10.1 Å². The predicted octanol–water partition coefficient (Wildman–Crippen LogP) is 2.79. The van der Waals surface area contributed by atoms with E-state index in [1.54, 1.807) is 0 Å². The van der Waals surface area contributed by atoms with Gasteiger partial charge in [-0.15, -0.1) is 0 Å². The lowest BCUT2D eigenvalue weighted by Crippen LogP contribution is -2.12. The second kappa shape index (κ2) is 5.71. The minimum absolute atomic E-state index is 0.0212. The zero-order valence-corrected chi connectivity index (χ0v) is 10.2. The van der Waals surface area contributed by atoms with E-state index < -0.39 is 34.5 Å². The number of halogens is 3. The van der Waals surface area contributed by atoms with E-state index in [1.165, 1.54) is 0 Å². The van der Waals surface area contributed by atoms with Gasteiger partial charge in [0.25, 0.3) is 5.69 Å². The number of alkyl halides is 3. The van der Waals surface area contributed by atoms with E-state index in [2.05, 4.69) is 20.7 Å². The van der Waals surface area contributed by atoms with Crippen molar-refractivity contribution in [2.24, 2.45) is 0 Å². The van der Waals surface area contributed by atoms with E-state index in [0.717, 1.165) is 12.1 Å². The first-order valence-electron chi connectivity index (χ1n) is 4.42. The smallest absolute Gasteiger partial charge is 0.387 e. The second-order valence-corrected chi connectivity index (χ2v) is 3.58. The molecule has 9 heteroatoms. The van der Waals surface area contributed by atoms with Crippen LogP contribution >= 0.6 is 15.9 Å². The predicted molar refractivity (Wildman–Crippen MR) is 59.3 cm³/mol. The van der Waals surface area contributed by atoms with Gasteiger partial charge in [0.15, 0.2) is 11.3 Å². The summed E-state index contributed by atoms with van der Waals surface area (Å²) < 4.78 is 28.5. The third kappa shape index (κ3) is 2.92. The number of hydrogen-bond donors (Lipinski definition) is 1. The molecule has 0 atom stereocenters. The third-order valence-corrected chi connectivity index (χ3v) is 2.58. The van der Waals surface area contributed by atoms with E-state index in [0.29, 0.717) is 0 Å². The van der Waals surface area contributed by atoms with E-state index in [-0.39, 0.29) is 10.9 Å². The molecule has 0 aliphatic rings. The van der Waals surface area contributed by atoms with Gasteiger partial charge in [0.2, 0.25) is 0 Å². The van der Waals surface area contributed by atoms with Gasteiger partial charge in [-0.25, -0.2) is 4.79 Å². The fraction of sp³-hybridized carbons (Fsp3) is 0.222. The molecule has 0 bridgehead atoms. The molecule has 1 aromatic rings. The summed E-state index contributed by atoms with van der Waals surface area (Å²) >= 11 is 2.96. The molecule has 0 amide bonds. The molecular formula is C9H6BrF2NO5. The van der Waals surface area contributed by atoms with Crippen LogP contribution in [0.25, 0.3) is 0 Å². The summed E-state index contributed by atoms with van der Waals surface area (Å²) in [6.45, 7) is -3.28. The van der Waals surface area contributed by atoms with Crippen LogP contribution in [0.3, 0.4) is 0 Å². The van der Waals surface area contributed by atoms with Crippen LogP contribution in [0.1, 0.15) is 15.9 Å². The van der Waals surface area contributed by atoms with Crippen molar-refractivity contribution in [1.82, 2.24) is 0 Å². The summed E-state index contributed by atoms with van der Waals surface area (Å²) in [5, 5.41) is 19.6. The standard InChI is InChI=1S/C9H6BrF2NO5/c10-3-4-1-2-5(13(16)17)6(8(14)15)7(4)18-9(11)12/h1-2,9H,3H2,(H,14,15). The monoisotopic (exact) mass is 325 g/mol. The van der Waals surface area contributed by atoms with Crippen molar-refractivity contribution in [3.05, 3.63) is 33.4 Å². The molecule has 0 aliphatic carbocycles. The highest BCUT2D eigenvalue weighted by Crippen LogP contribution is 2.34. The molecule has 18 heavy (non-hydrogen) atoms. The lowest BCUT2D eigenvalue weighted by atomic mass is 10.1. The number of nitro groups is 1. The first-order valence-corrected chi connectivity index (χ1v) is 5.55. The second-order valence-electron chi connectivity index (χ2n) is 3.02. The van der Waals surface area contributed by atoms with Crippen LogP contribution in [0.4, 0.5) is 14.5 Å². The largest absolute Gasteiger partial charge is 0.477 e. The van der Waals surface area contributed by atoms with Gasteiger partial charge in [0, 0.05) is 17.0 Å². The third-order valence-electron chi connectivity index (χ3n) is 1.98. The van der Waals surface area contributed by atoms with Crippen LogP contribution < -0.4 is 4.74 Å². The quantitative estimate of drug-likeness (QED) is 0.510. The fourth-order valence-electron chi connectivity index (χ4n) is 1.30. The Morgan fingerprint density at radius 2 is 2.17 bits per heavy atom. The molecule has 0 aliphatic heterocycles. The van der Waals surface area contributed by atoms with E-state index >= 15 is 0 Å². The van der Waals surface area contributed by atoms with E-state index in [1.807, 2.05) is 0 Å². The van der Waals surface area contributed by atoms with Gasteiger partial charge in [0.05, 0.1) is 4.92 Å². The van der Waals surface area contributed by atoms with Gasteiger partial charge >= 0.3 is 12.6 Å². The average molecular weight is 326 g/mol. The summed E-state index contributed by atoms with van der Waals surface area (Å²) in [5.41, 5.74) is -1.61. The Morgan fingerprint density at radius 1 is 1.56 bits per heavy atom. The maximum Gasteiger partial charge on any atom is 0.387 e. The topological polar surface area (TPSA) is 89.7 Å². The zero-order valence-electron chi connectivity index (χ0n) is 8.60. The molecule has 1 rings (SSSR count). The van der Waals surface area contributed by atoms with Crippen LogP contribution in [0.5, 0.6) is 5.75 Å². The Morgan fingerprint density at radius 3 is 2.56 bits per heavy atom. The average Bonchev–Trinajstić information content (AvgIpc) is 2.26. The van der Waals surface area contributed by atoms with Crippen LogP contribution in [-0.2, 0) is 5.33 Å². The molecular weight excluding hydrogens is 320 g/mol. The number of carboxylic acids is 1. The Kier molecular flexibility index (Phi) is 4.54. The summed E-state index contributed by atoms with van der Waals surface area (Å²) in [6.07, 6.45) is 0. The Labute approximate surface area is 107 Å². The van der Waals surface area contributed by atoms with Crippen LogP contribution in [-0.4, -0.2) is 22.6 Å². The SMILES string of the molecule is O=C(O)c1c([N+](=O)[O-])ccc(CBr)c1OC(F)F. The molecule has 0 spiro atoms. The molecule has 1 N–H and O–H groups in total. The summed E-state index contributed by atoms with van der Waals surface area (Å²) in [4.78, 5) is 20.6. The number of carboxylic acid groups (broad SMARTS) is 1. The number of nitro benzene ring substituents is 1. The Hall–Kier alpha value is -1.77. The van der Waals surface area contributed by atoms with Crippen molar-refractivity contribution in [3.8, 4) is 5.75 Å². The van der Waals surface area contributed by atoms with Crippen LogP contribution in [0.15, 0.2) is 12.1 Å². The lowest BCUT2D eigenvalue weighted by Gasteiger charge is -2.11. The Bertz CT molecular complexity index is 494. The normalized spacial score (nSPS) is 10.4.